The van der Waals surface area contributed by atoms with Gasteiger partial charge in [-0.15, -0.1) is 5.10 Å². The fraction of sp³-hybridized carbons (Fsp3) is 0. The zero-order chi connectivity index (χ0) is 11.0. The van der Waals surface area contributed by atoms with Crippen LogP contribution in [0, 0.1) is 17.5 Å². The number of benzene rings is 1. The summed E-state index contributed by atoms with van der Waals surface area (Å²) in [4.78, 5) is 0. The van der Waals surface area contributed by atoms with Gasteiger partial charge in [0.25, 0.3) is 5.89 Å². The van der Waals surface area contributed by atoms with Crippen LogP contribution < -0.4 is 0 Å². The van der Waals surface area contributed by atoms with Crippen molar-refractivity contribution in [3.8, 4) is 11.5 Å². The average Bonchev–Trinajstić information content (AvgIpc) is 2.61. The number of halogens is 4. The van der Waals surface area contributed by atoms with E-state index >= 15 is 0 Å². The molecule has 0 fully saturated rings. The molecule has 1 heterocycles. The summed E-state index contributed by atoms with van der Waals surface area (Å²) in [6.07, 6.45) is 0. The van der Waals surface area contributed by atoms with E-state index in [0.717, 1.165) is 12.1 Å². The Hall–Kier alpha value is -1.56. The minimum atomic E-state index is -1.60. The largest absolute Gasteiger partial charge is 0.407 e. The quantitative estimate of drug-likeness (QED) is 0.712. The molecule has 0 bridgehead atoms. The van der Waals surface area contributed by atoms with Gasteiger partial charge in [0.2, 0.25) is 0 Å². The lowest BCUT2D eigenvalue weighted by Gasteiger charge is -1.99. The first kappa shape index (κ1) is 9.97. The standard InChI is InChI=1S/C8H2ClF3N2O/c9-8-14-13-7(15-8)3-1-2-4(10)6(12)5(3)11/h1-2H. The first-order valence-electron chi connectivity index (χ1n) is 3.72. The Balaban J connectivity index is 2.59. The van der Waals surface area contributed by atoms with Gasteiger partial charge in [-0.2, -0.15) is 0 Å². The van der Waals surface area contributed by atoms with Crippen molar-refractivity contribution < 1.29 is 17.6 Å². The minimum Gasteiger partial charge on any atom is -0.407 e. The first-order valence-corrected chi connectivity index (χ1v) is 4.10. The van der Waals surface area contributed by atoms with E-state index in [2.05, 4.69) is 14.6 Å². The topological polar surface area (TPSA) is 38.9 Å². The highest BCUT2D eigenvalue weighted by molar-refractivity contribution is 6.27. The average molecular weight is 235 g/mol. The SMILES string of the molecule is Fc1ccc(-c2nnc(Cl)o2)c(F)c1F. The second-order valence-corrected chi connectivity index (χ2v) is 2.91. The minimum absolute atomic E-state index is 0.309. The third-order valence-electron chi connectivity index (χ3n) is 1.67. The summed E-state index contributed by atoms with van der Waals surface area (Å²) < 4.78 is 43.2. The molecule has 78 valence electrons. The van der Waals surface area contributed by atoms with Crippen LogP contribution in [0.4, 0.5) is 13.2 Å². The molecule has 0 atom stereocenters. The number of rotatable bonds is 1. The summed E-state index contributed by atoms with van der Waals surface area (Å²) in [5.74, 6) is -4.59. The number of nitrogens with zero attached hydrogens (tertiary/aromatic N) is 2. The first-order chi connectivity index (χ1) is 7.09. The Labute approximate surface area is 86.5 Å². The Morgan fingerprint density at radius 1 is 1.07 bits per heavy atom. The van der Waals surface area contributed by atoms with Crippen LogP contribution in [0.5, 0.6) is 0 Å². The van der Waals surface area contributed by atoms with E-state index in [0.29, 0.717) is 0 Å². The molecule has 0 radical (unpaired) electrons. The van der Waals surface area contributed by atoms with Gasteiger partial charge >= 0.3 is 5.35 Å². The van der Waals surface area contributed by atoms with Crippen LogP contribution in [0.1, 0.15) is 0 Å². The molecule has 0 spiro atoms. The molecular weight excluding hydrogens is 233 g/mol. The van der Waals surface area contributed by atoms with Crippen LogP contribution in [0.25, 0.3) is 11.5 Å². The monoisotopic (exact) mass is 234 g/mol. The number of aromatic nitrogens is 2. The van der Waals surface area contributed by atoms with E-state index in [9.17, 15) is 13.2 Å². The van der Waals surface area contributed by atoms with E-state index in [1.165, 1.54) is 0 Å². The van der Waals surface area contributed by atoms with Crippen molar-refractivity contribution >= 4 is 11.6 Å². The molecule has 0 aliphatic rings. The molecule has 0 saturated carbocycles. The zero-order valence-electron chi connectivity index (χ0n) is 6.97. The van der Waals surface area contributed by atoms with Gasteiger partial charge in [-0.1, -0.05) is 5.10 Å². The van der Waals surface area contributed by atoms with Crippen LogP contribution in [0.3, 0.4) is 0 Å². The van der Waals surface area contributed by atoms with Crippen LogP contribution in [-0.2, 0) is 0 Å². The fourth-order valence-electron chi connectivity index (χ4n) is 1.01. The summed E-state index contributed by atoms with van der Waals surface area (Å²) >= 11 is 5.30. The van der Waals surface area contributed by atoms with Crippen molar-refractivity contribution in [1.82, 2.24) is 10.2 Å². The molecular formula is C8H2ClF3N2O. The summed E-state index contributed by atoms with van der Waals surface area (Å²) in [7, 11) is 0. The van der Waals surface area contributed by atoms with Crippen molar-refractivity contribution in [1.29, 1.82) is 0 Å². The molecule has 0 N–H and O–H groups in total. The zero-order valence-corrected chi connectivity index (χ0v) is 7.73. The second kappa shape index (κ2) is 3.54. The highest BCUT2D eigenvalue weighted by atomic mass is 35.5. The van der Waals surface area contributed by atoms with Gasteiger partial charge in [0.15, 0.2) is 17.5 Å². The molecule has 0 aliphatic carbocycles. The van der Waals surface area contributed by atoms with E-state index in [1.54, 1.807) is 0 Å². The van der Waals surface area contributed by atoms with Crippen LogP contribution in [0.2, 0.25) is 5.35 Å². The van der Waals surface area contributed by atoms with Crippen LogP contribution in [-0.4, -0.2) is 10.2 Å². The molecule has 0 saturated heterocycles. The van der Waals surface area contributed by atoms with Crippen molar-refractivity contribution in [3.05, 3.63) is 34.9 Å². The van der Waals surface area contributed by atoms with Crippen molar-refractivity contribution in [2.45, 2.75) is 0 Å². The molecule has 15 heavy (non-hydrogen) atoms. The van der Waals surface area contributed by atoms with E-state index < -0.39 is 17.5 Å². The molecule has 3 nitrogen and oxygen atoms in total. The lowest BCUT2D eigenvalue weighted by Crippen LogP contribution is -1.93. The Morgan fingerprint density at radius 3 is 2.40 bits per heavy atom. The number of hydrogen-bond donors (Lipinski definition) is 0. The molecule has 2 aromatic rings. The van der Waals surface area contributed by atoms with Gasteiger partial charge in [0.05, 0.1) is 5.56 Å². The highest BCUT2D eigenvalue weighted by Crippen LogP contribution is 2.25. The predicted octanol–water partition coefficient (Wildman–Crippen LogP) is 2.81. The third-order valence-corrected chi connectivity index (χ3v) is 1.82. The lowest BCUT2D eigenvalue weighted by atomic mass is 10.2. The van der Waals surface area contributed by atoms with E-state index in [1.807, 2.05) is 0 Å². The Morgan fingerprint density at radius 2 is 1.80 bits per heavy atom. The molecule has 0 amide bonds. The maximum absolute atomic E-state index is 13.2. The molecule has 7 heteroatoms. The summed E-state index contributed by atoms with van der Waals surface area (Å²) in [6, 6.07) is 1.74. The van der Waals surface area contributed by atoms with Gasteiger partial charge in [-0.25, -0.2) is 13.2 Å². The Kier molecular flexibility index (Phi) is 2.36. The van der Waals surface area contributed by atoms with Gasteiger partial charge in [-0.3, -0.25) is 0 Å². The molecule has 1 aromatic heterocycles. The number of hydrogen-bond acceptors (Lipinski definition) is 3. The van der Waals surface area contributed by atoms with Crippen molar-refractivity contribution in [3.63, 3.8) is 0 Å². The molecule has 0 unspecified atom stereocenters. The van der Waals surface area contributed by atoms with Crippen molar-refractivity contribution in [2.75, 3.05) is 0 Å². The predicted molar refractivity (Wildman–Crippen MR) is 44.6 cm³/mol. The molecule has 2 rings (SSSR count). The second-order valence-electron chi connectivity index (χ2n) is 2.58. The maximum Gasteiger partial charge on any atom is 0.313 e. The van der Waals surface area contributed by atoms with E-state index in [-0.39, 0.29) is 16.8 Å². The fourth-order valence-corrected chi connectivity index (χ4v) is 1.12. The smallest absolute Gasteiger partial charge is 0.313 e. The summed E-state index contributed by atoms with van der Waals surface area (Å²) in [6.45, 7) is 0. The van der Waals surface area contributed by atoms with Crippen LogP contribution in [0.15, 0.2) is 16.5 Å². The Bertz CT molecular complexity index is 515. The third kappa shape index (κ3) is 1.68. The summed E-state index contributed by atoms with van der Waals surface area (Å²) in [5, 5.41) is 6.28. The normalized spacial score (nSPS) is 10.7. The van der Waals surface area contributed by atoms with Gasteiger partial charge in [0.1, 0.15) is 0 Å². The van der Waals surface area contributed by atoms with Crippen LogP contribution >= 0.6 is 11.6 Å². The van der Waals surface area contributed by atoms with Gasteiger partial charge in [-0.05, 0) is 23.7 Å². The van der Waals surface area contributed by atoms with Gasteiger partial charge < -0.3 is 4.42 Å². The van der Waals surface area contributed by atoms with E-state index in [4.69, 9.17) is 11.6 Å². The highest BCUT2D eigenvalue weighted by Gasteiger charge is 2.18. The molecule has 0 aliphatic heterocycles. The summed E-state index contributed by atoms with van der Waals surface area (Å²) in [5.41, 5.74) is -0.340. The van der Waals surface area contributed by atoms with Crippen molar-refractivity contribution in [2.24, 2.45) is 0 Å². The lowest BCUT2D eigenvalue weighted by molar-refractivity contribution is 0.446. The van der Waals surface area contributed by atoms with Gasteiger partial charge in [0, 0.05) is 0 Å². The maximum atomic E-state index is 13.2. The molecule has 1 aromatic carbocycles.